The molecular formula is C12H18N2O2. The van der Waals surface area contributed by atoms with E-state index in [1.165, 1.54) is 4.90 Å². The van der Waals surface area contributed by atoms with Gasteiger partial charge < -0.3 is 0 Å². The predicted molar refractivity (Wildman–Crippen MR) is 61.5 cm³/mol. The highest BCUT2D eigenvalue weighted by atomic mass is 16.2. The van der Waals surface area contributed by atoms with Crippen molar-refractivity contribution in [2.24, 2.45) is 0 Å². The number of amides is 2. The molecule has 16 heavy (non-hydrogen) atoms. The first-order valence-electron chi connectivity index (χ1n) is 5.60. The van der Waals surface area contributed by atoms with Crippen LogP contribution in [0.2, 0.25) is 0 Å². The summed E-state index contributed by atoms with van der Waals surface area (Å²) in [5.41, 5.74) is 0. The fraction of sp³-hybridized carbons (Fsp3) is 0.667. The summed E-state index contributed by atoms with van der Waals surface area (Å²) in [5.74, 6) is 5.37. The van der Waals surface area contributed by atoms with Crippen LogP contribution < -0.4 is 5.32 Å². The molecule has 0 radical (unpaired) electrons. The number of nitrogens with one attached hydrogen (secondary N) is 1. The van der Waals surface area contributed by atoms with Crippen molar-refractivity contribution in [2.75, 3.05) is 6.54 Å². The Morgan fingerprint density at radius 1 is 1.56 bits per heavy atom. The Hall–Kier alpha value is -1.34. The van der Waals surface area contributed by atoms with Gasteiger partial charge in [0.05, 0.1) is 19.0 Å². The molecule has 0 aromatic heterocycles. The average Bonchev–Trinajstić information content (AvgIpc) is 2.54. The first-order chi connectivity index (χ1) is 7.61. The Kier molecular flexibility index (Phi) is 4.51. The molecule has 0 saturated carbocycles. The van der Waals surface area contributed by atoms with Gasteiger partial charge in [-0.05, 0) is 20.3 Å². The molecule has 2 amide bonds. The minimum atomic E-state index is -0.387. The molecule has 0 aliphatic carbocycles. The lowest BCUT2D eigenvalue weighted by atomic mass is 10.2. The summed E-state index contributed by atoms with van der Waals surface area (Å²) in [6.07, 6.45) is 1.05. The second-order valence-corrected chi connectivity index (χ2v) is 3.92. The average molecular weight is 222 g/mol. The standard InChI is InChI=1S/C12H18N2O2/c1-4-6-7-13-10-8-11(15)14(12(10)16)9(3)5-2/h9-10,13H,5,7-8H2,1-3H3. The molecule has 1 rings (SSSR count). The van der Waals surface area contributed by atoms with Crippen LogP contribution in [0, 0.1) is 11.8 Å². The quantitative estimate of drug-likeness (QED) is 0.557. The second kappa shape index (κ2) is 5.66. The molecule has 4 heteroatoms. The van der Waals surface area contributed by atoms with Gasteiger partial charge in [-0.25, -0.2) is 0 Å². The van der Waals surface area contributed by atoms with Gasteiger partial charge in [-0.1, -0.05) is 12.8 Å². The molecule has 0 bridgehead atoms. The monoisotopic (exact) mass is 222 g/mol. The fourth-order valence-electron chi connectivity index (χ4n) is 1.72. The van der Waals surface area contributed by atoms with Crippen LogP contribution in [-0.4, -0.2) is 35.3 Å². The lowest BCUT2D eigenvalue weighted by molar-refractivity contribution is -0.141. The van der Waals surface area contributed by atoms with E-state index in [1.807, 2.05) is 13.8 Å². The molecule has 1 fully saturated rings. The summed E-state index contributed by atoms with van der Waals surface area (Å²) in [4.78, 5) is 24.9. The predicted octanol–water partition coefficient (Wildman–Crippen LogP) is 0.525. The van der Waals surface area contributed by atoms with E-state index in [2.05, 4.69) is 17.2 Å². The minimum Gasteiger partial charge on any atom is -0.295 e. The molecule has 0 aromatic carbocycles. The van der Waals surface area contributed by atoms with Crippen LogP contribution >= 0.6 is 0 Å². The molecule has 1 N–H and O–H groups in total. The first kappa shape index (κ1) is 12.7. The van der Waals surface area contributed by atoms with Crippen LogP contribution in [0.25, 0.3) is 0 Å². The number of nitrogens with zero attached hydrogens (tertiary/aromatic N) is 1. The Morgan fingerprint density at radius 2 is 2.25 bits per heavy atom. The van der Waals surface area contributed by atoms with Gasteiger partial charge in [0.2, 0.25) is 11.8 Å². The van der Waals surface area contributed by atoms with Crippen molar-refractivity contribution in [3.8, 4) is 11.8 Å². The normalized spacial score (nSPS) is 21.9. The molecular weight excluding hydrogens is 204 g/mol. The van der Waals surface area contributed by atoms with E-state index < -0.39 is 0 Å². The van der Waals surface area contributed by atoms with Crippen molar-refractivity contribution in [3.05, 3.63) is 0 Å². The van der Waals surface area contributed by atoms with Crippen LogP contribution in [0.5, 0.6) is 0 Å². The van der Waals surface area contributed by atoms with E-state index in [0.717, 1.165) is 6.42 Å². The van der Waals surface area contributed by atoms with Gasteiger partial charge in [-0.15, -0.1) is 5.92 Å². The van der Waals surface area contributed by atoms with Crippen molar-refractivity contribution in [1.82, 2.24) is 10.2 Å². The first-order valence-corrected chi connectivity index (χ1v) is 5.60. The topological polar surface area (TPSA) is 49.4 Å². The van der Waals surface area contributed by atoms with E-state index in [1.54, 1.807) is 6.92 Å². The summed E-state index contributed by atoms with van der Waals surface area (Å²) < 4.78 is 0. The van der Waals surface area contributed by atoms with Crippen LogP contribution in [-0.2, 0) is 9.59 Å². The maximum Gasteiger partial charge on any atom is 0.247 e. The lowest BCUT2D eigenvalue weighted by Crippen LogP contribution is -2.42. The van der Waals surface area contributed by atoms with Crippen molar-refractivity contribution < 1.29 is 9.59 Å². The zero-order chi connectivity index (χ0) is 12.1. The van der Waals surface area contributed by atoms with Gasteiger partial charge >= 0.3 is 0 Å². The largest absolute Gasteiger partial charge is 0.295 e. The van der Waals surface area contributed by atoms with Gasteiger partial charge in [-0.3, -0.25) is 19.8 Å². The molecule has 2 unspecified atom stereocenters. The Labute approximate surface area is 96.4 Å². The van der Waals surface area contributed by atoms with Crippen LogP contribution in [0.1, 0.15) is 33.6 Å². The smallest absolute Gasteiger partial charge is 0.247 e. The third-order valence-electron chi connectivity index (χ3n) is 2.83. The van der Waals surface area contributed by atoms with Gasteiger partial charge in [0.1, 0.15) is 0 Å². The fourth-order valence-corrected chi connectivity index (χ4v) is 1.72. The zero-order valence-electron chi connectivity index (χ0n) is 10.0. The number of hydrogen-bond donors (Lipinski definition) is 1. The second-order valence-electron chi connectivity index (χ2n) is 3.92. The van der Waals surface area contributed by atoms with E-state index in [9.17, 15) is 9.59 Å². The van der Waals surface area contributed by atoms with E-state index in [0.29, 0.717) is 6.54 Å². The van der Waals surface area contributed by atoms with Crippen molar-refractivity contribution in [3.63, 3.8) is 0 Å². The summed E-state index contributed by atoms with van der Waals surface area (Å²) in [6.45, 7) is 6.06. The summed E-state index contributed by atoms with van der Waals surface area (Å²) in [5, 5.41) is 2.99. The lowest BCUT2D eigenvalue weighted by Gasteiger charge is -2.21. The number of carbonyl (C=O) groups is 2. The summed E-state index contributed by atoms with van der Waals surface area (Å²) in [6, 6.07) is -0.397. The molecule has 1 saturated heterocycles. The molecule has 88 valence electrons. The number of likely N-dealkylation sites (tertiary alicyclic amines) is 1. The van der Waals surface area contributed by atoms with Gasteiger partial charge in [0.15, 0.2) is 0 Å². The maximum absolute atomic E-state index is 11.9. The molecule has 1 aliphatic heterocycles. The maximum atomic E-state index is 11.9. The number of hydrogen-bond acceptors (Lipinski definition) is 3. The number of carbonyl (C=O) groups excluding carboxylic acids is 2. The third-order valence-corrected chi connectivity index (χ3v) is 2.83. The van der Waals surface area contributed by atoms with Gasteiger partial charge in [-0.2, -0.15) is 0 Å². The Morgan fingerprint density at radius 3 is 2.81 bits per heavy atom. The van der Waals surface area contributed by atoms with Crippen molar-refractivity contribution >= 4 is 11.8 Å². The molecule has 1 heterocycles. The van der Waals surface area contributed by atoms with Crippen molar-refractivity contribution in [2.45, 2.75) is 45.7 Å². The van der Waals surface area contributed by atoms with Gasteiger partial charge in [0.25, 0.3) is 0 Å². The highest BCUT2D eigenvalue weighted by Crippen LogP contribution is 2.17. The molecule has 2 atom stereocenters. The third kappa shape index (κ3) is 2.61. The molecule has 1 aliphatic rings. The highest BCUT2D eigenvalue weighted by Gasteiger charge is 2.39. The highest BCUT2D eigenvalue weighted by molar-refractivity contribution is 6.05. The van der Waals surface area contributed by atoms with Crippen LogP contribution in [0.4, 0.5) is 0 Å². The summed E-state index contributed by atoms with van der Waals surface area (Å²) in [7, 11) is 0. The number of imide groups is 1. The Balaban J connectivity index is 2.62. The molecule has 0 aromatic rings. The molecule has 4 nitrogen and oxygen atoms in total. The van der Waals surface area contributed by atoms with E-state index in [4.69, 9.17) is 0 Å². The van der Waals surface area contributed by atoms with E-state index in [-0.39, 0.29) is 30.3 Å². The van der Waals surface area contributed by atoms with E-state index >= 15 is 0 Å². The van der Waals surface area contributed by atoms with Crippen LogP contribution in [0.3, 0.4) is 0 Å². The Bertz CT molecular complexity index is 341. The van der Waals surface area contributed by atoms with Gasteiger partial charge in [0, 0.05) is 6.04 Å². The minimum absolute atomic E-state index is 0.0101. The molecule has 0 spiro atoms. The number of rotatable bonds is 4. The SMILES string of the molecule is CC#CCNC1CC(=O)N(C(C)CC)C1=O. The van der Waals surface area contributed by atoms with Crippen LogP contribution in [0.15, 0.2) is 0 Å². The zero-order valence-corrected chi connectivity index (χ0v) is 10.0. The van der Waals surface area contributed by atoms with Crippen molar-refractivity contribution in [1.29, 1.82) is 0 Å². The summed E-state index contributed by atoms with van der Waals surface area (Å²) >= 11 is 0.